The predicted molar refractivity (Wildman–Crippen MR) is 40.6 cm³/mol. The van der Waals surface area contributed by atoms with Crippen LogP contribution in [-0.2, 0) is 4.84 Å². The first-order valence-corrected chi connectivity index (χ1v) is 3.85. The van der Waals surface area contributed by atoms with Crippen molar-refractivity contribution in [2.45, 2.75) is 12.5 Å². The molecule has 0 radical (unpaired) electrons. The molecule has 2 heterocycles. The second-order valence-corrected chi connectivity index (χ2v) is 2.72. The molecule has 64 valence electrons. The first-order chi connectivity index (χ1) is 5.86. The van der Waals surface area contributed by atoms with Gasteiger partial charge in [-0.15, -0.1) is 0 Å². The fraction of sp³-hybridized carbons (Fsp3) is 0.375. The monoisotopic (exact) mass is 168 g/mol. The maximum Gasteiger partial charge on any atom is 0.212 e. The van der Waals surface area contributed by atoms with E-state index in [0.29, 0.717) is 6.61 Å². The second kappa shape index (κ2) is 3.16. The first-order valence-electron chi connectivity index (χ1n) is 3.85. The van der Waals surface area contributed by atoms with Crippen LogP contribution in [0.3, 0.4) is 0 Å². The van der Waals surface area contributed by atoms with Crippen molar-refractivity contribution >= 4 is 0 Å². The number of rotatable bonds is 1. The number of nitrogens with zero attached hydrogens (tertiary/aromatic N) is 1. The maximum absolute atomic E-state index is 12.4. The van der Waals surface area contributed by atoms with E-state index in [9.17, 15) is 4.39 Å². The van der Waals surface area contributed by atoms with Crippen molar-refractivity contribution in [3.63, 3.8) is 0 Å². The summed E-state index contributed by atoms with van der Waals surface area (Å²) in [5.41, 5.74) is 3.80. The van der Waals surface area contributed by atoms with Gasteiger partial charge in [0.15, 0.2) is 0 Å². The van der Waals surface area contributed by atoms with Gasteiger partial charge in [0.2, 0.25) is 5.95 Å². The highest BCUT2D eigenvalue weighted by Gasteiger charge is 2.16. The Hall–Kier alpha value is -1.00. The Morgan fingerprint density at radius 2 is 2.50 bits per heavy atom. The highest BCUT2D eigenvalue weighted by atomic mass is 19.1. The third-order valence-corrected chi connectivity index (χ3v) is 1.89. The summed E-state index contributed by atoms with van der Waals surface area (Å²) in [6.45, 7) is 0.696. The van der Waals surface area contributed by atoms with Gasteiger partial charge in [0.1, 0.15) is 0 Å². The van der Waals surface area contributed by atoms with E-state index in [0.717, 1.165) is 12.0 Å². The van der Waals surface area contributed by atoms with Crippen LogP contribution in [0.4, 0.5) is 4.39 Å². The molecule has 1 aliphatic rings. The Kier molecular flexibility index (Phi) is 2.01. The molecule has 2 rings (SSSR count). The second-order valence-electron chi connectivity index (χ2n) is 2.72. The Morgan fingerprint density at radius 3 is 3.08 bits per heavy atom. The van der Waals surface area contributed by atoms with Crippen LogP contribution in [0, 0.1) is 5.95 Å². The van der Waals surface area contributed by atoms with E-state index < -0.39 is 5.95 Å². The number of pyridine rings is 1. The van der Waals surface area contributed by atoms with Gasteiger partial charge in [0.05, 0.1) is 12.6 Å². The van der Waals surface area contributed by atoms with E-state index in [1.807, 2.05) is 0 Å². The SMILES string of the molecule is Fc1ccc([C@@H]2CCON2)cn1. The quantitative estimate of drug-likeness (QED) is 0.639. The topological polar surface area (TPSA) is 34.1 Å². The van der Waals surface area contributed by atoms with Crippen LogP contribution in [-0.4, -0.2) is 11.6 Å². The smallest absolute Gasteiger partial charge is 0.212 e. The normalized spacial score (nSPS) is 22.9. The summed E-state index contributed by atoms with van der Waals surface area (Å²) >= 11 is 0. The van der Waals surface area contributed by atoms with Gasteiger partial charge in [-0.1, -0.05) is 6.07 Å². The van der Waals surface area contributed by atoms with Crippen molar-refractivity contribution in [3.05, 3.63) is 29.8 Å². The van der Waals surface area contributed by atoms with Crippen molar-refractivity contribution in [3.8, 4) is 0 Å². The van der Waals surface area contributed by atoms with Crippen molar-refractivity contribution in [1.82, 2.24) is 10.5 Å². The van der Waals surface area contributed by atoms with Gasteiger partial charge in [-0.3, -0.25) is 0 Å². The molecule has 0 bridgehead atoms. The van der Waals surface area contributed by atoms with E-state index in [-0.39, 0.29) is 6.04 Å². The zero-order valence-corrected chi connectivity index (χ0v) is 6.46. The zero-order chi connectivity index (χ0) is 8.39. The molecule has 0 spiro atoms. The van der Waals surface area contributed by atoms with Crippen LogP contribution < -0.4 is 5.48 Å². The summed E-state index contributed by atoms with van der Waals surface area (Å²) in [4.78, 5) is 8.53. The van der Waals surface area contributed by atoms with Crippen LogP contribution in [0.25, 0.3) is 0 Å². The molecule has 1 atom stereocenters. The molecule has 0 amide bonds. The molecule has 1 aromatic rings. The van der Waals surface area contributed by atoms with Crippen LogP contribution in [0.15, 0.2) is 18.3 Å². The Morgan fingerprint density at radius 1 is 1.58 bits per heavy atom. The summed E-state index contributed by atoms with van der Waals surface area (Å²) in [7, 11) is 0. The van der Waals surface area contributed by atoms with E-state index >= 15 is 0 Å². The molecular formula is C8H9FN2O. The highest BCUT2D eigenvalue weighted by molar-refractivity contribution is 5.14. The molecular weight excluding hydrogens is 159 g/mol. The van der Waals surface area contributed by atoms with Gasteiger partial charge in [-0.25, -0.2) is 4.98 Å². The minimum Gasteiger partial charge on any atom is -0.301 e. The number of aromatic nitrogens is 1. The van der Waals surface area contributed by atoms with Crippen molar-refractivity contribution in [2.75, 3.05) is 6.61 Å². The fourth-order valence-electron chi connectivity index (χ4n) is 1.22. The Balaban J connectivity index is 2.17. The molecule has 0 unspecified atom stereocenters. The van der Waals surface area contributed by atoms with Gasteiger partial charge in [-0.2, -0.15) is 9.87 Å². The summed E-state index contributed by atoms with van der Waals surface area (Å²) in [6.07, 6.45) is 2.44. The third kappa shape index (κ3) is 1.44. The molecule has 1 aromatic heterocycles. The molecule has 1 N–H and O–H groups in total. The van der Waals surface area contributed by atoms with E-state index in [4.69, 9.17) is 4.84 Å². The molecule has 0 aromatic carbocycles. The minimum absolute atomic E-state index is 0.165. The number of hydrogen-bond acceptors (Lipinski definition) is 3. The lowest BCUT2D eigenvalue weighted by molar-refractivity contribution is 0.0882. The lowest BCUT2D eigenvalue weighted by Crippen LogP contribution is -2.11. The van der Waals surface area contributed by atoms with Crippen molar-refractivity contribution in [1.29, 1.82) is 0 Å². The first kappa shape index (κ1) is 7.64. The average molecular weight is 168 g/mol. The highest BCUT2D eigenvalue weighted by Crippen LogP contribution is 2.19. The molecule has 1 fully saturated rings. The fourth-order valence-corrected chi connectivity index (χ4v) is 1.22. The predicted octanol–water partition coefficient (Wildman–Crippen LogP) is 1.19. The Bertz CT molecular complexity index is 256. The lowest BCUT2D eigenvalue weighted by Gasteiger charge is -2.06. The number of hydroxylamine groups is 1. The van der Waals surface area contributed by atoms with E-state index in [2.05, 4.69) is 10.5 Å². The van der Waals surface area contributed by atoms with Crippen LogP contribution in [0.5, 0.6) is 0 Å². The molecule has 4 heteroatoms. The lowest BCUT2D eigenvalue weighted by atomic mass is 10.1. The zero-order valence-electron chi connectivity index (χ0n) is 6.46. The Labute approximate surface area is 69.5 Å². The van der Waals surface area contributed by atoms with Crippen molar-refractivity contribution in [2.24, 2.45) is 0 Å². The van der Waals surface area contributed by atoms with Crippen LogP contribution >= 0.6 is 0 Å². The van der Waals surface area contributed by atoms with Gasteiger partial charge < -0.3 is 4.84 Å². The molecule has 1 aliphatic heterocycles. The largest absolute Gasteiger partial charge is 0.301 e. The number of halogens is 1. The summed E-state index contributed by atoms with van der Waals surface area (Å²) in [5.74, 6) is -0.447. The minimum atomic E-state index is -0.447. The van der Waals surface area contributed by atoms with Gasteiger partial charge >= 0.3 is 0 Å². The van der Waals surface area contributed by atoms with Gasteiger partial charge in [0.25, 0.3) is 0 Å². The third-order valence-electron chi connectivity index (χ3n) is 1.89. The van der Waals surface area contributed by atoms with Crippen molar-refractivity contribution < 1.29 is 9.23 Å². The molecule has 0 saturated carbocycles. The molecule has 3 nitrogen and oxygen atoms in total. The number of hydrogen-bond donors (Lipinski definition) is 1. The van der Waals surface area contributed by atoms with Gasteiger partial charge in [0, 0.05) is 6.20 Å². The van der Waals surface area contributed by atoms with E-state index in [1.54, 1.807) is 6.07 Å². The van der Waals surface area contributed by atoms with Crippen LogP contribution in [0.1, 0.15) is 18.0 Å². The molecule has 0 aliphatic carbocycles. The standard InChI is InChI=1S/C8H9FN2O/c9-8-2-1-6(5-10-8)7-3-4-12-11-7/h1-2,5,7,11H,3-4H2/t7-/m0/s1. The molecule has 12 heavy (non-hydrogen) atoms. The summed E-state index contributed by atoms with van der Waals surface area (Å²) in [5, 5.41) is 0. The summed E-state index contributed by atoms with van der Waals surface area (Å²) < 4.78 is 12.4. The maximum atomic E-state index is 12.4. The van der Waals surface area contributed by atoms with Crippen LogP contribution in [0.2, 0.25) is 0 Å². The van der Waals surface area contributed by atoms with E-state index in [1.165, 1.54) is 12.3 Å². The average Bonchev–Trinajstić information content (AvgIpc) is 2.58. The molecule has 1 saturated heterocycles. The van der Waals surface area contributed by atoms with Gasteiger partial charge in [-0.05, 0) is 18.1 Å². The number of nitrogens with one attached hydrogen (secondary N) is 1. The summed E-state index contributed by atoms with van der Waals surface area (Å²) in [6, 6.07) is 3.24.